The Balaban J connectivity index is 1.64. The molecular weight excluding hydrogens is 366 g/mol. The van der Waals surface area contributed by atoms with E-state index in [1.807, 2.05) is 37.3 Å². The van der Waals surface area contributed by atoms with Crippen LogP contribution in [0.1, 0.15) is 25.4 Å². The summed E-state index contributed by atoms with van der Waals surface area (Å²) in [5.41, 5.74) is 1.57. The van der Waals surface area contributed by atoms with Crippen LogP contribution in [0.4, 0.5) is 23.0 Å². The zero-order chi connectivity index (χ0) is 20.6. The van der Waals surface area contributed by atoms with Gasteiger partial charge in [0, 0.05) is 36.6 Å². The van der Waals surface area contributed by atoms with E-state index < -0.39 is 0 Å². The standard InChI is InChI=1S/C22H25N5O2/c1-4-27(5-2)21-15-20(23-16(3)24-21)25-17-8-10-18(11-9-17)26-22(28)13-12-19-7-6-14-29-19/h6-15H,4-5H2,1-3H3,(H,26,28)(H,23,24,25)/b13-12+. The molecule has 0 atom stereocenters. The first kappa shape index (κ1) is 20.1. The summed E-state index contributed by atoms with van der Waals surface area (Å²) in [6.07, 6.45) is 4.62. The number of anilines is 4. The number of aryl methyl sites for hydroxylation is 1. The van der Waals surface area contributed by atoms with Gasteiger partial charge in [0.1, 0.15) is 23.2 Å². The molecule has 1 amide bonds. The molecule has 2 aromatic heterocycles. The maximum Gasteiger partial charge on any atom is 0.248 e. The Morgan fingerprint density at radius 3 is 2.48 bits per heavy atom. The summed E-state index contributed by atoms with van der Waals surface area (Å²) in [7, 11) is 0. The number of amides is 1. The van der Waals surface area contributed by atoms with Crippen LogP contribution in [0, 0.1) is 6.92 Å². The van der Waals surface area contributed by atoms with E-state index in [2.05, 4.69) is 39.3 Å². The third-order valence-corrected chi connectivity index (χ3v) is 4.28. The Kier molecular flexibility index (Phi) is 6.63. The van der Waals surface area contributed by atoms with E-state index in [1.165, 1.54) is 6.08 Å². The van der Waals surface area contributed by atoms with Gasteiger partial charge >= 0.3 is 0 Å². The van der Waals surface area contributed by atoms with Crippen LogP contribution in [0.25, 0.3) is 6.08 Å². The van der Waals surface area contributed by atoms with Crippen LogP contribution in [-0.4, -0.2) is 29.0 Å². The van der Waals surface area contributed by atoms with Gasteiger partial charge in [0.15, 0.2) is 0 Å². The van der Waals surface area contributed by atoms with Crippen molar-refractivity contribution in [2.45, 2.75) is 20.8 Å². The second-order valence-electron chi connectivity index (χ2n) is 6.37. The lowest BCUT2D eigenvalue weighted by Gasteiger charge is -2.20. The topological polar surface area (TPSA) is 83.3 Å². The van der Waals surface area contributed by atoms with Crippen molar-refractivity contribution in [3.63, 3.8) is 0 Å². The van der Waals surface area contributed by atoms with Gasteiger partial charge in [-0.15, -0.1) is 0 Å². The molecule has 0 saturated carbocycles. The second-order valence-corrected chi connectivity index (χ2v) is 6.37. The predicted molar refractivity (Wildman–Crippen MR) is 116 cm³/mol. The SMILES string of the molecule is CCN(CC)c1cc(Nc2ccc(NC(=O)/C=C/c3ccco3)cc2)nc(C)n1. The molecule has 29 heavy (non-hydrogen) atoms. The minimum absolute atomic E-state index is 0.225. The van der Waals surface area contributed by atoms with Gasteiger partial charge in [-0.3, -0.25) is 4.79 Å². The second kappa shape index (κ2) is 9.54. The summed E-state index contributed by atoms with van der Waals surface area (Å²) < 4.78 is 5.16. The van der Waals surface area contributed by atoms with Gasteiger partial charge < -0.3 is 20.0 Å². The van der Waals surface area contributed by atoms with E-state index in [4.69, 9.17) is 4.42 Å². The van der Waals surface area contributed by atoms with Gasteiger partial charge in [0.05, 0.1) is 6.26 Å². The molecule has 1 aromatic carbocycles. The van der Waals surface area contributed by atoms with Crippen LogP contribution in [0.15, 0.2) is 59.2 Å². The van der Waals surface area contributed by atoms with Gasteiger partial charge in [-0.1, -0.05) is 0 Å². The fourth-order valence-electron chi connectivity index (χ4n) is 2.84. The fraction of sp³-hybridized carbons (Fsp3) is 0.227. The molecule has 0 saturated heterocycles. The van der Waals surface area contributed by atoms with Crippen LogP contribution in [0.2, 0.25) is 0 Å². The number of carbonyl (C=O) groups is 1. The maximum absolute atomic E-state index is 12.0. The number of benzene rings is 1. The smallest absolute Gasteiger partial charge is 0.248 e. The average molecular weight is 391 g/mol. The number of furan rings is 1. The van der Waals surface area contributed by atoms with Crippen LogP contribution in [-0.2, 0) is 4.79 Å². The van der Waals surface area contributed by atoms with Crippen molar-refractivity contribution in [1.29, 1.82) is 0 Å². The first-order valence-electron chi connectivity index (χ1n) is 9.57. The molecule has 7 heteroatoms. The van der Waals surface area contributed by atoms with E-state index in [0.29, 0.717) is 17.3 Å². The third-order valence-electron chi connectivity index (χ3n) is 4.28. The maximum atomic E-state index is 12.0. The van der Waals surface area contributed by atoms with Crippen molar-refractivity contribution >= 4 is 35.0 Å². The number of nitrogens with zero attached hydrogens (tertiary/aromatic N) is 3. The van der Waals surface area contributed by atoms with Gasteiger partial charge in [0.2, 0.25) is 5.91 Å². The molecule has 3 aromatic rings. The number of aromatic nitrogens is 2. The summed E-state index contributed by atoms with van der Waals surface area (Å²) in [5, 5.41) is 6.11. The molecule has 0 radical (unpaired) electrons. The molecule has 0 spiro atoms. The molecule has 2 N–H and O–H groups in total. The van der Waals surface area contributed by atoms with E-state index in [-0.39, 0.29) is 5.91 Å². The van der Waals surface area contributed by atoms with E-state index in [9.17, 15) is 4.79 Å². The Morgan fingerprint density at radius 1 is 1.10 bits per heavy atom. The Bertz CT molecular complexity index is 961. The van der Waals surface area contributed by atoms with Crippen molar-refractivity contribution < 1.29 is 9.21 Å². The Morgan fingerprint density at radius 2 is 1.83 bits per heavy atom. The number of hydrogen-bond donors (Lipinski definition) is 2. The van der Waals surface area contributed by atoms with Gasteiger partial charge in [-0.25, -0.2) is 9.97 Å². The number of rotatable bonds is 8. The molecule has 0 bridgehead atoms. The quantitative estimate of drug-likeness (QED) is 0.545. The summed E-state index contributed by atoms with van der Waals surface area (Å²) in [6.45, 7) is 7.85. The minimum atomic E-state index is -0.225. The molecule has 0 aliphatic carbocycles. The summed E-state index contributed by atoms with van der Waals surface area (Å²) in [4.78, 5) is 23.2. The number of carbonyl (C=O) groups excluding carboxylic acids is 1. The summed E-state index contributed by atoms with van der Waals surface area (Å²) in [6, 6.07) is 12.9. The van der Waals surface area contributed by atoms with Crippen molar-refractivity contribution in [3.8, 4) is 0 Å². The van der Waals surface area contributed by atoms with E-state index in [0.717, 1.165) is 30.4 Å². The van der Waals surface area contributed by atoms with Gasteiger partial charge in [-0.2, -0.15) is 0 Å². The highest BCUT2D eigenvalue weighted by atomic mass is 16.3. The first-order valence-corrected chi connectivity index (χ1v) is 9.57. The summed E-state index contributed by atoms with van der Waals surface area (Å²) >= 11 is 0. The van der Waals surface area contributed by atoms with Crippen LogP contribution in [0.3, 0.4) is 0 Å². The molecule has 0 aliphatic heterocycles. The van der Waals surface area contributed by atoms with Crippen LogP contribution < -0.4 is 15.5 Å². The van der Waals surface area contributed by atoms with Crippen molar-refractivity contribution in [3.05, 3.63) is 66.4 Å². The van der Waals surface area contributed by atoms with Gasteiger partial charge in [-0.05, 0) is 63.2 Å². The fourth-order valence-corrected chi connectivity index (χ4v) is 2.84. The van der Waals surface area contributed by atoms with Crippen molar-refractivity contribution in [2.75, 3.05) is 28.6 Å². The zero-order valence-electron chi connectivity index (χ0n) is 16.8. The van der Waals surface area contributed by atoms with Crippen molar-refractivity contribution in [2.24, 2.45) is 0 Å². The molecule has 7 nitrogen and oxygen atoms in total. The van der Waals surface area contributed by atoms with Crippen molar-refractivity contribution in [1.82, 2.24) is 9.97 Å². The average Bonchev–Trinajstić information content (AvgIpc) is 3.22. The highest BCUT2D eigenvalue weighted by Crippen LogP contribution is 2.21. The largest absolute Gasteiger partial charge is 0.465 e. The molecule has 3 rings (SSSR count). The normalized spacial score (nSPS) is 10.9. The lowest BCUT2D eigenvalue weighted by Crippen LogP contribution is -2.23. The van der Waals surface area contributed by atoms with Gasteiger partial charge in [0.25, 0.3) is 0 Å². The van der Waals surface area contributed by atoms with Crippen LogP contribution >= 0.6 is 0 Å². The van der Waals surface area contributed by atoms with E-state index in [1.54, 1.807) is 24.5 Å². The number of nitrogens with one attached hydrogen (secondary N) is 2. The number of hydrogen-bond acceptors (Lipinski definition) is 6. The highest BCUT2D eigenvalue weighted by molar-refractivity contribution is 6.01. The Hall–Kier alpha value is -3.61. The zero-order valence-corrected chi connectivity index (χ0v) is 16.8. The van der Waals surface area contributed by atoms with Crippen LogP contribution in [0.5, 0.6) is 0 Å². The molecule has 150 valence electrons. The lowest BCUT2D eigenvalue weighted by molar-refractivity contribution is -0.111. The first-order chi connectivity index (χ1) is 14.1. The molecule has 2 heterocycles. The Labute approximate surface area is 170 Å². The molecular formula is C22H25N5O2. The minimum Gasteiger partial charge on any atom is -0.465 e. The summed E-state index contributed by atoms with van der Waals surface area (Å²) in [5.74, 6) is 2.75. The predicted octanol–water partition coefficient (Wildman–Crippen LogP) is 4.62. The third kappa shape index (κ3) is 5.68. The molecule has 0 unspecified atom stereocenters. The van der Waals surface area contributed by atoms with E-state index >= 15 is 0 Å². The lowest BCUT2D eigenvalue weighted by atomic mass is 10.2. The highest BCUT2D eigenvalue weighted by Gasteiger charge is 2.08. The molecule has 0 aliphatic rings. The monoisotopic (exact) mass is 391 g/mol. The molecule has 0 fully saturated rings.